The fourth-order valence-electron chi connectivity index (χ4n) is 1.68. The largest absolute Gasteiger partial charge is 0.493 e. The molecule has 0 fully saturated rings. The first-order chi connectivity index (χ1) is 8.66. The molecule has 4 nitrogen and oxygen atoms in total. The number of carbonyl (C=O) groups is 1. The van der Waals surface area contributed by atoms with Gasteiger partial charge in [-0.3, -0.25) is 4.79 Å². The Morgan fingerprint density at radius 1 is 1.33 bits per heavy atom. The minimum atomic E-state index is 0.0644. The molecule has 18 heavy (non-hydrogen) atoms. The molecule has 0 saturated carbocycles. The van der Waals surface area contributed by atoms with Crippen molar-refractivity contribution in [1.29, 1.82) is 0 Å². The van der Waals surface area contributed by atoms with Crippen molar-refractivity contribution in [2.45, 2.75) is 13.3 Å². The number of ketones is 1. The van der Waals surface area contributed by atoms with Crippen molar-refractivity contribution in [1.82, 2.24) is 9.55 Å². The molecule has 0 N–H and O–H groups in total. The third kappa shape index (κ3) is 2.97. The van der Waals surface area contributed by atoms with E-state index in [0.717, 1.165) is 18.0 Å². The van der Waals surface area contributed by atoms with Crippen molar-refractivity contribution >= 4 is 5.78 Å². The van der Waals surface area contributed by atoms with E-state index in [9.17, 15) is 4.79 Å². The molecule has 0 aliphatic rings. The number of aromatic nitrogens is 2. The predicted molar refractivity (Wildman–Crippen MR) is 68.9 cm³/mol. The molecule has 0 spiro atoms. The van der Waals surface area contributed by atoms with Crippen LogP contribution in [0.15, 0.2) is 36.7 Å². The van der Waals surface area contributed by atoms with Crippen molar-refractivity contribution < 1.29 is 9.53 Å². The number of Topliss-reactive ketones (excluding diaryl/α,β-unsaturated/α-hetero) is 1. The van der Waals surface area contributed by atoms with E-state index in [1.807, 2.05) is 29.9 Å². The Balaban J connectivity index is 1.87. The van der Waals surface area contributed by atoms with E-state index in [1.54, 1.807) is 25.3 Å². The number of hydrogen-bond donors (Lipinski definition) is 0. The van der Waals surface area contributed by atoms with Gasteiger partial charge in [-0.15, -0.1) is 0 Å². The minimum Gasteiger partial charge on any atom is -0.493 e. The van der Waals surface area contributed by atoms with Crippen molar-refractivity contribution in [3.05, 3.63) is 48.0 Å². The lowest BCUT2D eigenvalue weighted by Gasteiger charge is -2.06. The first kappa shape index (κ1) is 12.4. The Labute approximate surface area is 106 Å². The van der Waals surface area contributed by atoms with Gasteiger partial charge in [0.05, 0.1) is 6.61 Å². The first-order valence-corrected chi connectivity index (χ1v) is 5.87. The summed E-state index contributed by atoms with van der Waals surface area (Å²) in [7, 11) is 1.96. The maximum atomic E-state index is 11.1. The van der Waals surface area contributed by atoms with Crippen molar-refractivity contribution in [3.8, 4) is 5.75 Å². The van der Waals surface area contributed by atoms with E-state index < -0.39 is 0 Å². The van der Waals surface area contributed by atoms with Gasteiger partial charge in [0.1, 0.15) is 11.6 Å². The van der Waals surface area contributed by atoms with E-state index in [1.165, 1.54) is 0 Å². The number of hydrogen-bond acceptors (Lipinski definition) is 3. The predicted octanol–water partition coefficient (Wildman–Crippen LogP) is 2.24. The van der Waals surface area contributed by atoms with Crippen LogP contribution in [0.3, 0.4) is 0 Å². The number of ether oxygens (including phenoxy) is 1. The van der Waals surface area contributed by atoms with Gasteiger partial charge in [-0.1, -0.05) is 0 Å². The Hall–Kier alpha value is -2.10. The van der Waals surface area contributed by atoms with Crippen LogP contribution >= 0.6 is 0 Å². The molecule has 94 valence electrons. The van der Waals surface area contributed by atoms with Crippen molar-refractivity contribution in [3.63, 3.8) is 0 Å². The van der Waals surface area contributed by atoms with Crippen LogP contribution < -0.4 is 4.74 Å². The van der Waals surface area contributed by atoms with Gasteiger partial charge >= 0.3 is 0 Å². The summed E-state index contributed by atoms with van der Waals surface area (Å²) in [6.07, 6.45) is 4.45. The highest BCUT2D eigenvalue weighted by molar-refractivity contribution is 5.94. The zero-order valence-corrected chi connectivity index (χ0v) is 10.6. The van der Waals surface area contributed by atoms with Crippen LogP contribution in [0.1, 0.15) is 23.1 Å². The average molecular weight is 244 g/mol. The molecular formula is C14H16N2O2. The van der Waals surface area contributed by atoms with Gasteiger partial charge in [-0.2, -0.15) is 0 Å². The summed E-state index contributed by atoms with van der Waals surface area (Å²) < 4.78 is 7.58. The summed E-state index contributed by atoms with van der Waals surface area (Å²) in [6, 6.07) is 7.18. The van der Waals surface area contributed by atoms with Crippen LogP contribution in [0.4, 0.5) is 0 Å². The van der Waals surface area contributed by atoms with Crippen LogP contribution in [0.25, 0.3) is 0 Å². The van der Waals surface area contributed by atoms with Gasteiger partial charge in [0, 0.05) is 31.4 Å². The van der Waals surface area contributed by atoms with E-state index in [4.69, 9.17) is 4.74 Å². The molecule has 4 heteroatoms. The number of aryl methyl sites for hydroxylation is 1. The Bertz CT molecular complexity index is 529. The second kappa shape index (κ2) is 5.49. The molecule has 2 aromatic rings. The Morgan fingerprint density at radius 3 is 2.61 bits per heavy atom. The molecule has 0 aliphatic heterocycles. The Kier molecular flexibility index (Phi) is 3.77. The van der Waals surface area contributed by atoms with Gasteiger partial charge in [0.25, 0.3) is 0 Å². The number of imidazole rings is 1. The summed E-state index contributed by atoms with van der Waals surface area (Å²) >= 11 is 0. The molecule has 0 bridgehead atoms. The molecule has 1 aromatic carbocycles. The third-order valence-corrected chi connectivity index (χ3v) is 2.78. The number of carbonyl (C=O) groups excluding carboxylic acids is 1. The molecule has 0 amide bonds. The maximum Gasteiger partial charge on any atom is 0.159 e. The average Bonchev–Trinajstić information content (AvgIpc) is 2.76. The van der Waals surface area contributed by atoms with Crippen molar-refractivity contribution in [2.24, 2.45) is 7.05 Å². The fourth-order valence-corrected chi connectivity index (χ4v) is 1.68. The molecule has 1 aromatic heterocycles. The number of rotatable bonds is 5. The fraction of sp³-hybridized carbons (Fsp3) is 0.286. The summed E-state index contributed by atoms with van der Waals surface area (Å²) in [5.41, 5.74) is 0.700. The van der Waals surface area contributed by atoms with E-state index >= 15 is 0 Å². The van der Waals surface area contributed by atoms with Crippen LogP contribution in [0.5, 0.6) is 5.75 Å². The second-order valence-electron chi connectivity index (χ2n) is 4.13. The van der Waals surface area contributed by atoms with Crippen LogP contribution in [-0.4, -0.2) is 21.9 Å². The summed E-state index contributed by atoms with van der Waals surface area (Å²) in [6.45, 7) is 2.13. The number of nitrogens with zero attached hydrogens (tertiary/aromatic N) is 2. The summed E-state index contributed by atoms with van der Waals surface area (Å²) in [4.78, 5) is 15.3. The van der Waals surface area contributed by atoms with Crippen LogP contribution in [0.2, 0.25) is 0 Å². The lowest BCUT2D eigenvalue weighted by atomic mass is 10.1. The van der Waals surface area contributed by atoms with E-state index in [-0.39, 0.29) is 5.78 Å². The lowest BCUT2D eigenvalue weighted by Crippen LogP contribution is -2.06. The zero-order chi connectivity index (χ0) is 13.0. The lowest BCUT2D eigenvalue weighted by molar-refractivity contribution is 0.101. The molecule has 0 radical (unpaired) electrons. The van der Waals surface area contributed by atoms with Crippen LogP contribution in [-0.2, 0) is 13.5 Å². The molecular weight excluding hydrogens is 228 g/mol. The van der Waals surface area contributed by atoms with Gasteiger partial charge in [-0.05, 0) is 31.2 Å². The van der Waals surface area contributed by atoms with Crippen LogP contribution in [0, 0.1) is 0 Å². The molecule has 0 atom stereocenters. The van der Waals surface area contributed by atoms with Gasteiger partial charge in [0.2, 0.25) is 0 Å². The molecule has 0 saturated heterocycles. The third-order valence-electron chi connectivity index (χ3n) is 2.78. The normalized spacial score (nSPS) is 10.3. The summed E-state index contributed by atoms with van der Waals surface area (Å²) in [5, 5.41) is 0. The minimum absolute atomic E-state index is 0.0644. The highest BCUT2D eigenvalue weighted by Gasteiger charge is 2.01. The SMILES string of the molecule is CC(=O)c1ccc(OCCc2nccn2C)cc1. The molecule has 1 heterocycles. The molecule has 2 rings (SSSR count). The molecule has 0 aliphatic carbocycles. The van der Waals surface area contributed by atoms with Crippen molar-refractivity contribution in [2.75, 3.05) is 6.61 Å². The summed E-state index contributed by atoms with van der Waals surface area (Å²) in [5.74, 6) is 1.83. The Morgan fingerprint density at radius 2 is 2.06 bits per heavy atom. The van der Waals surface area contributed by atoms with E-state index in [2.05, 4.69) is 4.98 Å². The maximum absolute atomic E-state index is 11.1. The molecule has 0 unspecified atom stereocenters. The topological polar surface area (TPSA) is 44.1 Å². The van der Waals surface area contributed by atoms with Gasteiger partial charge < -0.3 is 9.30 Å². The van der Waals surface area contributed by atoms with Gasteiger partial charge in [0.15, 0.2) is 5.78 Å². The van der Waals surface area contributed by atoms with E-state index in [0.29, 0.717) is 12.2 Å². The smallest absolute Gasteiger partial charge is 0.159 e. The highest BCUT2D eigenvalue weighted by Crippen LogP contribution is 2.12. The monoisotopic (exact) mass is 244 g/mol. The first-order valence-electron chi connectivity index (χ1n) is 5.87. The second-order valence-corrected chi connectivity index (χ2v) is 4.13. The zero-order valence-electron chi connectivity index (χ0n) is 10.6. The quantitative estimate of drug-likeness (QED) is 0.758. The standard InChI is InChI=1S/C14H16N2O2/c1-11(17)12-3-5-13(6-4-12)18-10-7-14-15-8-9-16(14)2/h3-6,8-9H,7,10H2,1-2H3. The highest BCUT2D eigenvalue weighted by atomic mass is 16.5. The van der Waals surface area contributed by atoms with Gasteiger partial charge in [-0.25, -0.2) is 4.98 Å². The number of benzene rings is 1.